The predicted octanol–water partition coefficient (Wildman–Crippen LogP) is 0.0780. The van der Waals surface area contributed by atoms with E-state index in [4.69, 9.17) is 0 Å². The zero-order chi connectivity index (χ0) is 14.7. The molecule has 0 aliphatic carbocycles. The lowest BCUT2D eigenvalue weighted by Crippen LogP contribution is -2.51. The SMILES string of the molecule is O=C1NCCC(O)C1C(=O)NCc1cc(F)cc(F)c1. The third-order valence-corrected chi connectivity index (χ3v) is 3.08. The van der Waals surface area contributed by atoms with Crippen molar-refractivity contribution in [1.29, 1.82) is 0 Å². The first-order valence-corrected chi connectivity index (χ1v) is 6.16. The van der Waals surface area contributed by atoms with E-state index in [9.17, 15) is 23.5 Å². The number of halogens is 2. The maximum absolute atomic E-state index is 13.0. The fourth-order valence-electron chi connectivity index (χ4n) is 2.10. The van der Waals surface area contributed by atoms with Crippen molar-refractivity contribution in [2.24, 2.45) is 5.92 Å². The molecule has 7 heteroatoms. The van der Waals surface area contributed by atoms with Crippen LogP contribution in [0.25, 0.3) is 0 Å². The lowest BCUT2D eigenvalue weighted by atomic mass is 9.94. The molecular formula is C13H14F2N2O3. The van der Waals surface area contributed by atoms with E-state index in [1.807, 2.05) is 0 Å². The fraction of sp³-hybridized carbons (Fsp3) is 0.385. The summed E-state index contributed by atoms with van der Waals surface area (Å²) in [7, 11) is 0. The maximum atomic E-state index is 13.0. The average Bonchev–Trinajstić information content (AvgIpc) is 2.35. The predicted molar refractivity (Wildman–Crippen MR) is 65.3 cm³/mol. The summed E-state index contributed by atoms with van der Waals surface area (Å²) in [5.74, 6) is -3.90. The molecule has 2 amide bonds. The molecular weight excluding hydrogens is 270 g/mol. The van der Waals surface area contributed by atoms with E-state index in [2.05, 4.69) is 10.6 Å². The summed E-state index contributed by atoms with van der Waals surface area (Å²) in [6.45, 7) is 0.197. The average molecular weight is 284 g/mol. The van der Waals surface area contributed by atoms with Crippen LogP contribution in [0.2, 0.25) is 0 Å². The van der Waals surface area contributed by atoms with Crippen LogP contribution in [0.15, 0.2) is 18.2 Å². The number of benzene rings is 1. The maximum Gasteiger partial charge on any atom is 0.235 e. The molecule has 108 valence electrons. The van der Waals surface area contributed by atoms with Crippen molar-refractivity contribution in [3.05, 3.63) is 35.4 Å². The second-order valence-corrected chi connectivity index (χ2v) is 4.62. The molecule has 1 heterocycles. The number of aliphatic hydroxyl groups is 1. The molecule has 2 unspecified atom stereocenters. The number of hydrogen-bond acceptors (Lipinski definition) is 3. The second-order valence-electron chi connectivity index (χ2n) is 4.62. The van der Waals surface area contributed by atoms with Crippen LogP contribution in [0, 0.1) is 17.6 Å². The zero-order valence-electron chi connectivity index (χ0n) is 10.5. The van der Waals surface area contributed by atoms with E-state index in [1.54, 1.807) is 0 Å². The highest BCUT2D eigenvalue weighted by molar-refractivity contribution is 6.01. The minimum atomic E-state index is -1.19. The molecule has 0 radical (unpaired) electrons. The van der Waals surface area contributed by atoms with Gasteiger partial charge in [-0.05, 0) is 24.1 Å². The van der Waals surface area contributed by atoms with Gasteiger partial charge in [0.15, 0.2) is 0 Å². The first-order valence-electron chi connectivity index (χ1n) is 6.16. The Kier molecular flexibility index (Phi) is 4.29. The summed E-state index contributed by atoms with van der Waals surface area (Å²) < 4.78 is 25.9. The van der Waals surface area contributed by atoms with Gasteiger partial charge in [0.2, 0.25) is 11.8 Å². The van der Waals surface area contributed by atoms with E-state index < -0.39 is 35.5 Å². The molecule has 20 heavy (non-hydrogen) atoms. The van der Waals surface area contributed by atoms with Gasteiger partial charge in [0.05, 0.1) is 6.10 Å². The van der Waals surface area contributed by atoms with Crippen molar-refractivity contribution >= 4 is 11.8 Å². The Hall–Kier alpha value is -2.02. The lowest BCUT2D eigenvalue weighted by Gasteiger charge is -2.26. The Labute approximate surface area is 114 Å². The molecule has 0 spiro atoms. The van der Waals surface area contributed by atoms with Crippen LogP contribution < -0.4 is 10.6 Å². The summed E-state index contributed by atoms with van der Waals surface area (Å²) in [6.07, 6.45) is -0.758. The van der Waals surface area contributed by atoms with E-state index in [0.717, 1.165) is 18.2 Å². The van der Waals surface area contributed by atoms with Gasteiger partial charge in [-0.15, -0.1) is 0 Å². The number of nitrogens with one attached hydrogen (secondary N) is 2. The van der Waals surface area contributed by atoms with Crippen molar-refractivity contribution in [2.75, 3.05) is 6.54 Å². The molecule has 1 saturated heterocycles. The van der Waals surface area contributed by atoms with Gasteiger partial charge in [-0.2, -0.15) is 0 Å². The number of carbonyl (C=O) groups is 2. The van der Waals surface area contributed by atoms with Gasteiger partial charge in [-0.3, -0.25) is 9.59 Å². The Morgan fingerprint density at radius 2 is 2.00 bits per heavy atom. The Bertz CT molecular complexity index is 516. The minimum absolute atomic E-state index is 0.121. The molecule has 0 aromatic heterocycles. The number of carbonyl (C=O) groups excluding carboxylic acids is 2. The summed E-state index contributed by atoms with van der Waals surface area (Å²) in [5.41, 5.74) is 0.238. The first-order chi connectivity index (χ1) is 9.47. The summed E-state index contributed by atoms with van der Waals surface area (Å²) in [6, 6.07) is 2.89. The number of amides is 2. The second kappa shape index (κ2) is 5.96. The number of rotatable bonds is 3. The van der Waals surface area contributed by atoms with E-state index in [0.29, 0.717) is 13.0 Å². The van der Waals surface area contributed by atoms with Crippen LogP contribution in [0.5, 0.6) is 0 Å². The van der Waals surface area contributed by atoms with Crippen molar-refractivity contribution in [3.8, 4) is 0 Å². The van der Waals surface area contributed by atoms with Crippen molar-refractivity contribution in [2.45, 2.75) is 19.1 Å². The molecule has 0 bridgehead atoms. The Morgan fingerprint density at radius 3 is 2.60 bits per heavy atom. The van der Waals surface area contributed by atoms with Crippen molar-refractivity contribution < 1.29 is 23.5 Å². The molecule has 1 fully saturated rings. The topological polar surface area (TPSA) is 78.4 Å². The van der Waals surface area contributed by atoms with Crippen LogP contribution in [0.3, 0.4) is 0 Å². The van der Waals surface area contributed by atoms with E-state index in [-0.39, 0.29) is 12.1 Å². The van der Waals surface area contributed by atoms with Crippen LogP contribution in [0.4, 0.5) is 8.78 Å². The van der Waals surface area contributed by atoms with Gasteiger partial charge in [0.1, 0.15) is 17.6 Å². The largest absolute Gasteiger partial charge is 0.392 e. The van der Waals surface area contributed by atoms with Crippen LogP contribution in [0.1, 0.15) is 12.0 Å². The normalized spacial score (nSPS) is 22.2. The van der Waals surface area contributed by atoms with E-state index in [1.165, 1.54) is 0 Å². The third kappa shape index (κ3) is 3.30. The molecule has 2 rings (SSSR count). The highest BCUT2D eigenvalue weighted by atomic mass is 19.1. The standard InChI is InChI=1S/C13H14F2N2O3/c14-8-3-7(4-9(15)5-8)6-17-13(20)11-10(18)1-2-16-12(11)19/h3-5,10-11,18H,1-2,6H2,(H,16,19)(H,17,20). The summed E-state index contributed by atoms with van der Waals surface area (Å²) >= 11 is 0. The number of hydrogen-bond donors (Lipinski definition) is 3. The van der Waals surface area contributed by atoms with Gasteiger partial charge < -0.3 is 15.7 Å². The lowest BCUT2D eigenvalue weighted by molar-refractivity contribution is -0.142. The molecule has 1 aliphatic heterocycles. The van der Waals surface area contributed by atoms with Gasteiger partial charge in [0.25, 0.3) is 0 Å². The zero-order valence-corrected chi connectivity index (χ0v) is 10.5. The molecule has 1 aliphatic rings. The molecule has 1 aromatic carbocycles. The van der Waals surface area contributed by atoms with Gasteiger partial charge in [-0.25, -0.2) is 8.78 Å². The Balaban J connectivity index is 1.99. The van der Waals surface area contributed by atoms with E-state index >= 15 is 0 Å². The van der Waals surface area contributed by atoms with Crippen molar-refractivity contribution in [3.63, 3.8) is 0 Å². The van der Waals surface area contributed by atoms with Crippen molar-refractivity contribution in [1.82, 2.24) is 10.6 Å². The quantitative estimate of drug-likeness (QED) is 0.688. The Morgan fingerprint density at radius 1 is 1.35 bits per heavy atom. The minimum Gasteiger partial charge on any atom is -0.392 e. The third-order valence-electron chi connectivity index (χ3n) is 3.08. The highest BCUT2D eigenvalue weighted by Crippen LogP contribution is 2.13. The molecule has 2 atom stereocenters. The summed E-state index contributed by atoms with van der Waals surface area (Å²) in [5, 5.41) is 14.5. The van der Waals surface area contributed by atoms with Gasteiger partial charge in [-0.1, -0.05) is 0 Å². The smallest absolute Gasteiger partial charge is 0.235 e. The van der Waals surface area contributed by atoms with Crippen LogP contribution in [-0.4, -0.2) is 29.6 Å². The van der Waals surface area contributed by atoms with Crippen LogP contribution in [-0.2, 0) is 16.1 Å². The van der Waals surface area contributed by atoms with Crippen LogP contribution >= 0.6 is 0 Å². The molecule has 0 saturated carbocycles. The highest BCUT2D eigenvalue weighted by Gasteiger charge is 2.36. The summed E-state index contributed by atoms with van der Waals surface area (Å²) in [4.78, 5) is 23.4. The monoisotopic (exact) mass is 284 g/mol. The number of piperidine rings is 1. The molecule has 5 nitrogen and oxygen atoms in total. The van der Waals surface area contributed by atoms with Gasteiger partial charge >= 0.3 is 0 Å². The first kappa shape index (κ1) is 14.4. The number of aliphatic hydroxyl groups excluding tert-OH is 1. The fourth-order valence-corrected chi connectivity index (χ4v) is 2.10. The molecule has 1 aromatic rings. The molecule has 3 N–H and O–H groups in total. The van der Waals surface area contributed by atoms with Gasteiger partial charge in [0, 0.05) is 19.2 Å².